The number of amides is 1. The van der Waals surface area contributed by atoms with E-state index in [-0.39, 0.29) is 17.9 Å². The third kappa shape index (κ3) is 3.76. The van der Waals surface area contributed by atoms with E-state index in [1.54, 1.807) is 6.21 Å². The summed E-state index contributed by atoms with van der Waals surface area (Å²) in [5.41, 5.74) is 6.48. The highest BCUT2D eigenvalue weighted by Gasteiger charge is 2.45. The minimum Gasteiger partial charge on any atom is -0.311 e. The number of piperidine rings is 1. The largest absolute Gasteiger partial charge is 0.311 e. The Morgan fingerprint density at radius 1 is 1.06 bits per heavy atom. The number of nitrogens with zero attached hydrogens (tertiary/aromatic N) is 4. The van der Waals surface area contributed by atoms with Crippen molar-refractivity contribution in [1.29, 1.82) is 5.26 Å². The van der Waals surface area contributed by atoms with Crippen molar-refractivity contribution < 1.29 is 4.79 Å². The average Bonchev–Trinajstić information content (AvgIpc) is 3.39. The quantitative estimate of drug-likeness (QED) is 0.744. The molecule has 1 saturated carbocycles. The van der Waals surface area contributed by atoms with Gasteiger partial charge in [0.15, 0.2) is 0 Å². The molecule has 1 aromatic rings. The Kier molecular flexibility index (Phi) is 5.26. The lowest BCUT2D eigenvalue weighted by Gasteiger charge is -2.36. The van der Waals surface area contributed by atoms with E-state index in [9.17, 15) is 10.1 Å². The van der Waals surface area contributed by atoms with Gasteiger partial charge in [-0.1, -0.05) is 25.0 Å². The molecule has 2 unspecified atom stereocenters. The summed E-state index contributed by atoms with van der Waals surface area (Å²) in [7, 11) is 0. The van der Waals surface area contributed by atoms with E-state index in [2.05, 4.69) is 46.1 Å². The van der Waals surface area contributed by atoms with Gasteiger partial charge in [0.2, 0.25) is 0 Å². The summed E-state index contributed by atoms with van der Waals surface area (Å²) < 4.78 is 0. The van der Waals surface area contributed by atoms with Crippen LogP contribution in [0, 0.1) is 23.2 Å². The van der Waals surface area contributed by atoms with Gasteiger partial charge in [-0.3, -0.25) is 15.2 Å². The predicted molar refractivity (Wildman–Crippen MR) is 127 cm³/mol. The van der Waals surface area contributed by atoms with Crippen LogP contribution in [0.25, 0.3) is 0 Å². The lowest BCUT2D eigenvalue weighted by Crippen LogP contribution is -2.46. The van der Waals surface area contributed by atoms with Crippen molar-refractivity contribution in [3.63, 3.8) is 0 Å². The van der Waals surface area contributed by atoms with E-state index in [1.807, 2.05) is 11.1 Å². The second kappa shape index (κ2) is 8.42. The first kappa shape index (κ1) is 20.6. The summed E-state index contributed by atoms with van der Waals surface area (Å²) in [6, 6.07) is 12.4. The van der Waals surface area contributed by atoms with E-state index in [0.717, 1.165) is 37.1 Å². The molecule has 4 aliphatic heterocycles. The highest BCUT2D eigenvalue weighted by Crippen LogP contribution is 2.39. The third-order valence-electron chi connectivity index (χ3n) is 8.09. The van der Waals surface area contributed by atoms with Gasteiger partial charge in [-0.25, -0.2) is 9.98 Å². The zero-order chi connectivity index (χ0) is 22.4. The second-order valence-electron chi connectivity index (χ2n) is 10.1. The Balaban J connectivity index is 1.25. The smallest absolute Gasteiger partial charge is 0.262 e. The zero-order valence-electron chi connectivity index (χ0n) is 18.8. The summed E-state index contributed by atoms with van der Waals surface area (Å²) in [5, 5.41) is 15.4. The van der Waals surface area contributed by atoms with Gasteiger partial charge in [-0.05, 0) is 68.2 Å². The first-order valence-electron chi connectivity index (χ1n) is 12.4. The molecule has 6 rings (SSSR count). The van der Waals surface area contributed by atoms with E-state index >= 15 is 0 Å². The number of dihydropyridines is 1. The molecule has 0 spiro atoms. The van der Waals surface area contributed by atoms with Crippen molar-refractivity contribution in [3.05, 3.63) is 41.6 Å². The third-order valence-corrected chi connectivity index (χ3v) is 8.09. The summed E-state index contributed by atoms with van der Waals surface area (Å²) in [6.45, 7) is 0. The number of benzene rings is 1. The highest BCUT2D eigenvalue weighted by molar-refractivity contribution is 6.12. The Labute approximate surface area is 194 Å². The van der Waals surface area contributed by atoms with Crippen molar-refractivity contribution in [2.24, 2.45) is 21.8 Å². The zero-order valence-corrected chi connectivity index (χ0v) is 18.8. The van der Waals surface area contributed by atoms with Crippen LogP contribution in [0.1, 0.15) is 62.8 Å². The summed E-state index contributed by atoms with van der Waals surface area (Å²) in [4.78, 5) is 21.6. The Bertz CT molecular complexity index is 1060. The molecule has 0 radical (unpaired) electrons. The predicted octanol–water partition coefficient (Wildman–Crippen LogP) is 3.73. The molecule has 7 nitrogen and oxygen atoms in total. The Morgan fingerprint density at radius 3 is 2.58 bits per heavy atom. The topological polar surface area (TPSA) is 92.9 Å². The molecular formula is C26H30N6O. The van der Waals surface area contributed by atoms with E-state index in [0.29, 0.717) is 23.8 Å². The minimum absolute atomic E-state index is 0.0437. The molecule has 7 heteroatoms. The first-order chi connectivity index (χ1) is 16.2. The van der Waals surface area contributed by atoms with Gasteiger partial charge in [0.25, 0.3) is 5.91 Å². The molecule has 4 heterocycles. The highest BCUT2D eigenvalue weighted by atomic mass is 16.1. The van der Waals surface area contributed by atoms with Crippen LogP contribution >= 0.6 is 0 Å². The molecule has 3 saturated heterocycles. The molecule has 0 aromatic heterocycles. The number of fused-ring (bicyclic) bond motifs is 3. The minimum atomic E-state index is -0.518. The van der Waals surface area contributed by atoms with Gasteiger partial charge in [0.05, 0.1) is 29.4 Å². The van der Waals surface area contributed by atoms with Crippen molar-refractivity contribution >= 4 is 23.6 Å². The average molecular weight is 443 g/mol. The van der Waals surface area contributed by atoms with E-state index in [4.69, 9.17) is 4.99 Å². The number of nitrogens with one attached hydrogen (secondary N) is 2. The van der Waals surface area contributed by atoms with Crippen LogP contribution in [-0.2, 0) is 4.79 Å². The molecule has 1 amide bonds. The van der Waals surface area contributed by atoms with Crippen LogP contribution in [0.3, 0.4) is 0 Å². The van der Waals surface area contributed by atoms with Gasteiger partial charge in [-0.2, -0.15) is 5.26 Å². The van der Waals surface area contributed by atoms with Crippen molar-refractivity contribution in [1.82, 2.24) is 15.8 Å². The van der Waals surface area contributed by atoms with Gasteiger partial charge >= 0.3 is 0 Å². The van der Waals surface area contributed by atoms with Gasteiger partial charge in [-0.15, -0.1) is 0 Å². The van der Waals surface area contributed by atoms with Crippen molar-refractivity contribution in [2.75, 3.05) is 0 Å². The number of carbonyl (C=O) groups is 1. The van der Waals surface area contributed by atoms with E-state index < -0.39 is 5.92 Å². The van der Waals surface area contributed by atoms with Crippen LogP contribution in [0.2, 0.25) is 0 Å². The van der Waals surface area contributed by atoms with Crippen LogP contribution in [-0.4, -0.2) is 41.1 Å². The number of aliphatic imine (C=N–C) groups is 2. The maximum Gasteiger partial charge on any atom is 0.262 e. The maximum absolute atomic E-state index is 12.7. The first-order valence-corrected chi connectivity index (χ1v) is 12.4. The second-order valence-corrected chi connectivity index (χ2v) is 10.1. The standard InChI is InChI=1S/C26H30N6O/c27-15-17-3-1-2-4-22(17)32-23-11-12-28-26(33)24(23)25(31-32)30-19-7-5-16(6-8-19)18-13-20-9-10-21(14-18)29-20/h5-8,11-12,17-18,20-22,24,29H,1-4,9-10,13-14H2,(H,30,31)/t17-,18?,20-,21+,22+,24?/m1/s1. The molecule has 5 aliphatic rings. The summed E-state index contributed by atoms with van der Waals surface area (Å²) >= 11 is 0. The van der Waals surface area contributed by atoms with Gasteiger partial charge < -0.3 is 5.32 Å². The van der Waals surface area contributed by atoms with Crippen molar-refractivity contribution in [3.8, 4) is 6.07 Å². The summed E-state index contributed by atoms with van der Waals surface area (Å²) in [5.74, 6) is 0.450. The lowest BCUT2D eigenvalue weighted by molar-refractivity contribution is -0.119. The molecule has 6 atom stereocenters. The Hall–Kier alpha value is -2.98. The fourth-order valence-corrected chi connectivity index (χ4v) is 6.44. The fourth-order valence-electron chi connectivity index (χ4n) is 6.44. The van der Waals surface area contributed by atoms with Crippen LogP contribution in [0.5, 0.6) is 0 Å². The number of carbonyl (C=O) groups excluding carboxylic acids is 1. The molecule has 170 valence electrons. The SMILES string of the molecule is N#C[C@H]1CCCC[C@@H]1N1NC(=Nc2ccc(C3C[C@H]4CC[C@@H](C3)N4)cc2)C2C(=O)N=CC=C21. The van der Waals surface area contributed by atoms with Crippen molar-refractivity contribution in [2.45, 2.75) is 75.4 Å². The molecule has 4 fully saturated rings. The molecular weight excluding hydrogens is 412 g/mol. The lowest BCUT2D eigenvalue weighted by atomic mass is 9.84. The van der Waals surface area contributed by atoms with Crippen LogP contribution in [0.15, 0.2) is 46.0 Å². The van der Waals surface area contributed by atoms with Gasteiger partial charge in [0, 0.05) is 18.3 Å². The number of hydrazine groups is 1. The molecule has 2 bridgehead atoms. The number of hydrogen-bond acceptors (Lipinski definition) is 5. The maximum atomic E-state index is 12.7. The molecule has 1 aliphatic carbocycles. The Morgan fingerprint density at radius 2 is 1.82 bits per heavy atom. The number of allylic oxidation sites excluding steroid dienone is 1. The summed E-state index contributed by atoms with van der Waals surface area (Å²) in [6.07, 6.45) is 12.5. The fraction of sp³-hybridized carbons (Fsp3) is 0.538. The van der Waals surface area contributed by atoms with Gasteiger partial charge in [0.1, 0.15) is 11.8 Å². The van der Waals surface area contributed by atoms with E-state index in [1.165, 1.54) is 31.2 Å². The monoisotopic (exact) mass is 442 g/mol. The molecule has 33 heavy (non-hydrogen) atoms. The number of nitriles is 1. The molecule has 1 aromatic carbocycles. The number of amidine groups is 1. The number of hydrogen-bond donors (Lipinski definition) is 2. The normalized spacial score (nSPS) is 36.3. The van der Waals surface area contributed by atoms with Crippen LogP contribution < -0.4 is 10.7 Å². The van der Waals surface area contributed by atoms with Crippen LogP contribution in [0.4, 0.5) is 5.69 Å². The number of rotatable bonds is 3. The molecule has 2 N–H and O–H groups in total.